The Bertz CT molecular complexity index is 706. The largest absolute Gasteiger partial charge is 0.486 e. The van der Waals surface area contributed by atoms with Crippen LogP contribution in [-0.2, 0) is 17.1 Å². The first-order valence-corrected chi connectivity index (χ1v) is 8.83. The summed E-state index contributed by atoms with van der Waals surface area (Å²) in [6.07, 6.45) is 0. The highest BCUT2D eigenvalue weighted by Crippen LogP contribution is 2.30. The van der Waals surface area contributed by atoms with Crippen LogP contribution in [0, 0.1) is 5.82 Å². The van der Waals surface area contributed by atoms with Gasteiger partial charge >= 0.3 is 0 Å². The van der Waals surface area contributed by atoms with Crippen LogP contribution < -0.4 is 14.8 Å². The van der Waals surface area contributed by atoms with Crippen molar-refractivity contribution in [1.82, 2.24) is 5.32 Å². The van der Waals surface area contributed by atoms with Gasteiger partial charge in [-0.2, -0.15) is 0 Å². The number of fused-ring (bicyclic) bond motifs is 1. The number of amides is 1. The molecule has 0 aliphatic carbocycles. The summed E-state index contributed by atoms with van der Waals surface area (Å²) in [6.45, 7) is 1.56. The Morgan fingerprint density at radius 1 is 1.04 bits per heavy atom. The van der Waals surface area contributed by atoms with Crippen LogP contribution in [0.15, 0.2) is 42.5 Å². The molecule has 0 bridgehead atoms. The van der Waals surface area contributed by atoms with Gasteiger partial charge in [0, 0.05) is 12.3 Å². The SMILES string of the molecule is O=C(CSCc1ccc(F)cc1)NCc1ccc2c(c1)OCCO2. The molecule has 2 aromatic carbocycles. The molecule has 1 heterocycles. The highest BCUT2D eigenvalue weighted by atomic mass is 32.2. The Kier molecular flexibility index (Phi) is 5.59. The van der Waals surface area contributed by atoms with E-state index in [0.29, 0.717) is 31.3 Å². The Morgan fingerprint density at radius 2 is 1.75 bits per heavy atom. The van der Waals surface area contributed by atoms with Gasteiger partial charge in [0.1, 0.15) is 19.0 Å². The van der Waals surface area contributed by atoms with E-state index in [9.17, 15) is 9.18 Å². The third-order valence-corrected chi connectivity index (χ3v) is 4.52. The van der Waals surface area contributed by atoms with E-state index < -0.39 is 0 Å². The van der Waals surface area contributed by atoms with Crippen molar-refractivity contribution in [2.24, 2.45) is 0 Å². The number of hydrogen-bond acceptors (Lipinski definition) is 4. The maximum absolute atomic E-state index is 12.8. The van der Waals surface area contributed by atoms with Crippen LogP contribution in [0.4, 0.5) is 4.39 Å². The molecule has 1 amide bonds. The van der Waals surface area contributed by atoms with Gasteiger partial charge in [0.05, 0.1) is 5.75 Å². The van der Waals surface area contributed by atoms with E-state index in [2.05, 4.69) is 5.32 Å². The minimum atomic E-state index is -0.249. The maximum Gasteiger partial charge on any atom is 0.230 e. The van der Waals surface area contributed by atoms with Gasteiger partial charge in [0.15, 0.2) is 11.5 Å². The predicted molar refractivity (Wildman–Crippen MR) is 91.8 cm³/mol. The number of ether oxygens (including phenoxy) is 2. The molecule has 0 spiro atoms. The van der Waals surface area contributed by atoms with Crippen molar-refractivity contribution < 1.29 is 18.7 Å². The molecule has 0 atom stereocenters. The Labute approximate surface area is 144 Å². The van der Waals surface area contributed by atoms with Crippen LogP contribution >= 0.6 is 11.8 Å². The molecule has 24 heavy (non-hydrogen) atoms. The topological polar surface area (TPSA) is 47.6 Å². The fraction of sp³-hybridized carbons (Fsp3) is 0.278. The number of nitrogens with one attached hydrogen (secondary N) is 1. The quantitative estimate of drug-likeness (QED) is 0.872. The molecule has 0 saturated carbocycles. The second kappa shape index (κ2) is 8.06. The normalized spacial score (nSPS) is 12.7. The van der Waals surface area contributed by atoms with Crippen molar-refractivity contribution in [3.8, 4) is 11.5 Å². The molecule has 0 aromatic heterocycles. The van der Waals surface area contributed by atoms with E-state index in [4.69, 9.17) is 9.47 Å². The third kappa shape index (κ3) is 4.64. The predicted octanol–water partition coefficient (Wildman–Crippen LogP) is 3.15. The number of thioether (sulfide) groups is 1. The maximum atomic E-state index is 12.8. The summed E-state index contributed by atoms with van der Waals surface area (Å²) >= 11 is 1.50. The third-order valence-electron chi connectivity index (χ3n) is 3.51. The summed E-state index contributed by atoms with van der Waals surface area (Å²) in [4.78, 5) is 11.9. The first-order valence-electron chi connectivity index (χ1n) is 7.68. The molecule has 6 heteroatoms. The lowest BCUT2D eigenvalue weighted by atomic mass is 10.2. The highest BCUT2D eigenvalue weighted by Gasteiger charge is 2.12. The van der Waals surface area contributed by atoms with E-state index in [1.165, 1.54) is 23.9 Å². The molecule has 4 nitrogen and oxygen atoms in total. The molecule has 0 radical (unpaired) electrons. The lowest BCUT2D eigenvalue weighted by Gasteiger charge is -2.18. The van der Waals surface area contributed by atoms with Gasteiger partial charge in [-0.25, -0.2) is 4.39 Å². The molecule has 3 rings (SSSR count). The molecule has 0 unspecified atom stereocenters. The summed E-state index contributed by atoms with van der Waals surface area (Å²) in [7, 11) is 0. The standard InChI is InChI=1S/C18H18FNO3S/c19-15-4-1-13(2-5-15)11-24-12-18(21)20-10-14-3-6-16-17(9-14)23-8-7-22-16/h1-6,9H,7-8,10-12H2,(H,20,21). The minimum absolute atomic E-state index is 0.0306. The first-order chi connectivity index (χ1) is 11.7. The zero-order valence-electron chi connectivity index (χ0n) is 13.1. The van der Waals surface area contributed by atoms with Gasteiger partial charge in [-0.1, -0.05) is 18.2 Å². The summed E-state index contributed by atoms with van der Waals surface area (Å²) in [5.41, 5.74) is 1.97. The molecule has 2 aromatic rings. The van der Waals surface area contributed by atoms with Crippen LogP contribution in [-0.4, -0.2) is 24.9 Å². The zero-order chi connectivity index (χ0) is 16.8. The van der Waals surface area contributed by atoms with Crippen molar-refractivity contribution in [1.29, 1.82) is 0 Å². The lowest BCUT2D eigenvalue weighted by molar-refractivity contribution is -0.118. The minimum Gasteiger partial charge on any atom is -0.486 e. The van der Waals surface area contributed by atoms with E-state index >= 15 is 0 Å². The first kappa shape index (κ1) is 16.6. The monoisotopic (exact) mass is 347 g/mol. The number of halogens is 1. The summed E-state index contributed by atoms with van der Waals surface area (Å²) in [6, 6.07) is 12.0. The van der Waals surface area contributed by atoms with Crippen molar-refractivity contribution in [2.45, 2.75) is 12.3 Å². The summed E-state index contributed by atoms with van der Waals surface area (Å²) < 4.78 is 23.8. The molecule has 126 valence electrons. The van der Waals surface area contributed by atoms with Crippen LogP contribution in [0.2, 0.25) is 0 Å². The highest BCUT2D eigenvalue weighted by molar-refractivity contribution is 7.99. The molecular weight excluding hydrogens is 329 g/mol. The number of benzene rings is 2. The lowest BCUT2D eigenvalue weighted by Crippen LogP contribution is -2.24. The Hall–Kier alpha value is -2.21. The number of carbonyl (C=O) groups excluding carboxylic acids is 1. The van der Waals surface area contributed by atoms with Crippen molar-refractivity contribution >= 4 is 17.7 Å². The summed E-state index contributed by atoms with van der Waals surface area (Å²) in [5, 5.41) is 2.89. The number of carbonyl (C=O) groups is 1. The van der Waals surface area contributed by atoms with E-state index in [1.54, 1.807) is 12.1 Å². The van der Waals surface area contributed by atoms with Gasteiger partial charge in [-0.3, -0.25) is 4.79 Å². The average molecular weight is 347 g/mol. The van der Waals surface area contributed by atoms with Gasteiger partial charge in [0.25, 0.3) is 0 Å². The molecule has 0 fully saturated rings. The van der Waals surface area contributed by atoms with E-state index in [-0.39, 0.29) is 11.7 Å². The fourth-order valence-electron chi connectivity index (χ4n) is 2.29. The average Bonchev–Trinajstić information content (AvgIpc) is 2.61. The van der Waals surface area contributed by atoms with Gasteiger partial charge in [0.2, 0.25) is 5.91 Å². The number of rotatable bonds is 6. The second-order valence-corrected chi connectivity index (χ2v) is 6.36. The van der Waals surface area contributed by atoms with Crippen molar-refractivity contribution in [2.75, 3.05) is 19.0 Å². The van der Waals surface area contributed by atoms with Crippen LogP contribution in [0.5, 0.6) is 11.5 Å². The van der Waals surface area contributed by atoms with E-state index in [0.717, 1.165) is 22.6 Å². The number of hydrogen-bond donors (Lipinski definition) is 1. The van der Waals surface area contributed by atoms with Crippen LogP contribution in [0.1, 0.15) is 11.1 Å². The zero-order valence-corrected chi connectivity index (χ0v) is 13.9. The van der Waals surface area contributed by atoms with Gasteiger partial charge in [-0.05, 0) is 35.4 Å². The smallest absolute Gasteiger partial charge is 0.230 e. The van der Waals surface area contributed by atoms with E-state index in [1.807, 2.05) is 18.2 Å². The Morgan fingerprint density at radius 3 is 2.54 bits per heavy atom. The van der Waals surface area contributed by atoms with Crippen LogP contribution in [0.25, 0.3) is 0 Å². The molecular formula is C18H18FNO3S. The molecule has 1 aliphatic heterocycles. The molecule has 0 saturated heterocycles. The molecule has 1 aliphatic rings. The van der Waals surface area contributed by atoms with Crippen LogP contribution in [0.3, 0.4) is 0 Å². The van der Waals surface area contributed by atoms with Gasteiger partial charge < -0.3 is 14.8 Å². The van der Waals surface area contributed by atoms with Gasteiger partial charge in [-0.15, -0.1) is 11.8 Å². The second-order valence-electron chi connectivity index (χ2n) is 5.37. The van der Waals surface area contributed by atoms with Crippen molar-refractivity contribution in [3.05, 3.63) is 59.4 Å². The Balaban J connectivity index is 1.41. The van der Waals surface area contributed by atoms with Crippen molar-refractivity contribution in [3.63, 3.8) is 0 Å². The molecule has 1 N–H and O–H groups in total. The summed E-state index contributed by atoms with van der Waals surface area (Å²) in [5.74, 6) is 2.22. The fourth-order valence-corrected chi connectivity index (χ4v) is 3.11.